The number of carbonyl (C=O) groups is 1. The molecule has 5 nitrogen and oxygen atoms in total. The lowest BCUT2D eigenvalue weighted by molar-refractivity contribution is -0.154. The van der Waals surface area contributed by atoms with Gasteiger partial charge in [0.2, 0.25) is 5.88 Å². The smallest absolute Gasteiger partial charge is 0.422 e. The van der Waals surface area contributed by atoms with Crippen molar-refractivity contribution in [3.8, 4) is 5.88 Å². The maximum Gasteiger partial charge on any atom is 0.422 e. The number of carbonyl (C=O) groups excluding carboxylic acids is 1. The van der Waals surface area contributed by atoms with E-state index >= 15 is 0 Å². The molecule has 2 heterocycles. The summed E-state index contributed by atoms with van der Waals surface area (Å²) < 4.78 is 41.4. The number of likely N-dealkylation sites (tertiary alicyclic amines) is 1. The summed E-state index contributed by atoms with van der Waals surface area (Å²) in [7, 11) is 1.84. The third kappa shape index (κ3) is 6.33. The van der Waals surface area contributed by atoms with E-state index in [-0.39, 0.29) is 42.2 Å². The number of rotatable bonds is 5. The summed E-state index contributed by atoms with van der Waals surface area (Å²) in [4.78, 5) is 17.8. The van der Waals surface area contributed by atoms with E-state index in [9.17, 15) is 18.0 Å². The molecule has 0 aliphatic carbocycles. The van der Waals surface area contributed by atoms with E-state index in [0.29, 0.717) is 19.0 Å². The van der Waals surface area contributed by atoms with Crippen LogP contribution in [0.5, 0.6) is 5.88 Å². The Bertz CT molecular complexity index is 532. The first-order chi connectivity index (χ1) is 10.4. The number of pyridine rings is 1. The Kier molecular flexibility index (Phi) is 9.39. The van der Waals surface area contributed by atoms with Crippen LogP contribution in [0.3, 0.4) is 0 Å². The van der Waals surface area contributed by atoms with Crippen LogP contribution < -0.4 is 10.1 Å². The Balaban J connectivity index is 0.00000264. The molecule has 0 saturated carbocycles. The van der Waals surface area contributed by atoms with Gasteiger partial charge in [-0.2, -0.15) is 13.2 Å². The molecule has 0 radical (unpaired) electrons. The minimum atomic E-state index is -4.47. The fraction of sp³-hybridized carbons (Fsp3) is 0.571. The fourth-order valence-electron chi connectivity index (χ4n) is 2.46. The van der Waals surface area contributed by atoms with Crippen LogP contribution >= 0.6 is 24.8 Å². The molecule has 0 spiro atoms. The first-order valence-corrected chi connectivity index (χ1v) is 6.99. The standard InChI is InChI=1S/C14H18F3N3O2.2ClH/c1-18-7-10-4-6-20(8-10)13(21)11-3-2-5-19-12(11)22-9-14(15,16)17;;/h2-3,5,10,18H,4,6-9H2,1H3;2*1H. The second kappa shape index (κ2) is 9.90. The van der Waals surface area contributed by atoms with E-state index in [4.69, 9.17) is 0 Å². The van der Waals surface area contributed by atoms with Crippen molar-refractivity contribution in [2.24, 2.45) is 5.92 Å². The van der Waals surface area contributed by atoms with Crippen molar-refractivity contribution in [2.45, 2.75) is 12.6 Å². The van der Waals surface area contributed by atoms with Crippen molar-refractivity contribution >= 4 is 30.7 Å². The second-order valence-electron chi connectivity index (χ2n) is 5.22. The Hall–Kier alpha value is -1.25. The number of hydrogen-bond donors (Lipinski definition) is 1. The molecular weight excluding hydrogens is 370 g/mol. The summed E-state index contributed by atoms with van der Waals surface area (Å²) in [5, 5.41) is 3.06. The van der Waals surface area contributed by atoms with Gasteiger partial charge in [0.15, 0.2) is 6.61 Å². The average molecular weight is 390 g/mol. The van der Waals surface area contributed by atoms with E-state index in [1.54, 1.807) is 4.90 Å². The topological polar surface area (TPSA) is 54.5 Å². The van der Waals surface area contributed by atoms with Gasteiger partial charge in [0.05, 0.1) is 0 Å². The second-order valence-corrected chi connectivity index (χ2v) is 5.22. The van der Waals surface area contributed by atoms with Gasteiger partial charge in [0.25, 0.3) is 5.91 Å². The average Bonchev–Trinajstić information content (AvgIpc) is 2.93. The summed E-state index contributed by atoms with van der Waals surface area (Å²) in [5.74, 6) is -0.268. The number of aromatic nitrogens is 1. The molecule has 1 aromatic heterocycles. The molecule has 1 saturated heterocycles. The quantitative estimate of drug-likeness (QED) is 0.840. The summed E-state index contributed by atoms with van der Waals surface area (Å²) in [6.45, 7) is 0.493. The predicted octanol–water partition coefficient (Wildman–Crippen LogP) is 2.55. The number of hydrogen-bond acceptors (Lipinski definition) is 4. The maximum atomic E-state index is 12.4. The van der Waals surface area contributed by atoms with Crippen LogP contribution in [0.2, 0.25) is 0 Å². The number of nitrogens with zero attached hydrogens (tertiary/aromatic N) is 2. The van der Waals surface area contributed by atoms with Crippen molar-refractivity contribution in [2.75, 3.05) is 33.3 Å². The third-order valence-corrected chi connectivity index (χ3v) is 3.44. The zero-order valence-corrected chi connectivity index (χ0v) is 14.6. The van der Waals surface area contributed by atoms with E-state index in [1.807, 2.05) is 7.05 Å². The van der Waals surface area contributed by atoms with Crippen LogP contribution in [0.1, 0.15) is 16.8 Å². The van der Waals surface area contributed by atoms with Gasteiger partial charge in [0.1, 0.15) is 5.56 Å². The van der Waals surface area contributed by atoms with Crippen molar-refractivity contribution in [1.29, 1.82) is 0 Å². The molecule has 1 amide bonds. The van der Waals surface area contributed by atoms with Gasteiger partial charge < -0.3 is 15.0 Å². The van der Waals surface area contributed by atoms with Crippen LogP contribution in [0.15, 0.2) is 18.3 Å². The highest BCUT2D eigenvalue weighted by atomic mass is 35.5. The Morgan fingerprint density at radius 2 is 2.17 bits per heavy atom. The lowest BCUT2D eigenvalue weighted by Crippen LogP contribution is -2.31. The Labute approximate surface area is 150 Å². The molecule has 0 aromatic carbocycles. The number of alkyl halides is 3. The summed E-state index contributed by atoms with van der Waals surface area (Å²) in [6.07, 6.45) is -2.30. The van der Waals surface area contributed by atoms with E-state index in [1.165, 1.54) is 18.3 Å². The van der Waals surface area contributed by atoms with Gasteiger partial charge >= 0.3 is 6.18 Å². The number of amides is 1. The largest absolute Gasteiger partial charge is 0.467 e. The number of ether oxygens (including phenoxy) is 1. The minimum Gasteiger partial charge on any atom is -0.467 e. The first-order valence-electron chi connectivity index (χ1n) is 6.99. The molecule has 1 aromatic rings. The van der Waals surface area contributed by atoms with Crippen LogP contribution in [0, 0.1) is 5.92 Å². The van der Waals surface area contributed by atoms with E-state index in [0.717, 1.165) is 13.0 Å². The highest BCUT2D eigenvalue weighted by Gasteiger charge is 2.31. The summed E-state index contributed by atoms with van der Waals surface area (Å²) >= 11 is 0. The van der Waals surface area contributed by atoms with E-state index < -0.39 is 12.8 Å². The number of nitrogens with one attached hydrogen (secondary N) is 1. The minimum absolute atomic E-state index is 0. The molecule has 138 valence electrons. The molecule has 1 N–H and O–H groups in total. The summed E-state index contributed by atoms with van der Waals surface area (Å²) in [5.41, 5.74) is 0.0665. The van der Waals surface area contributed by atoms with Crippen molar-refractivity contribution < 1.29 is 22.7 Å². The van der Waals surface area contributed by atoms with Crippen LogP contribution in [-0.4, -0.2) is 55.3 Å². The summed E-state index contributed by atoms with van der Waals surface area (Å²) in [6, 6.07) is 2.95. The zero-order chi connectivity index (χ0) is 16.2. The molecule has 1 aliphatic heterocycles. The maximum absolute atomic E-state index is 12.4. The molecule has 10 heteroatoms. The molecular formula is C14H20Cl2F3N3O2. The molecule has 0 bridgehead atoms. The molecule has 1 atom stereocenters. The van der Waals surface area contributed by atoms with Crippen LogP contribution in [0.4, 0.5) is 13.2 Å². The fourth-order valence-corrected chi connectivity index (χ4v) is 2.46. The molecule has 2 rings (SSSR count). The normalized spacial score (nSPS) is 17.0. The third-order valence-electron chi connectivity index (χ3n) is 3.44. The van der Waals surface area contributed by atoms with Gasteiger partial charge in [-0.25, -0.2) is 4.98 Å². The Morgan fingerprint density at radius 3 is 2.79 bits per heavy atom. The molecule has 1 fully saturated rings. The lowest BCUT2D eigenvalue weighted by atomic mass is 10.1. The van der Waals surface area contributed by atoms with Crippen molar-refractivity contribution in [1.82, 2.24) is 15.2 Å². The Morgan fingerprint density at radius 1 is 1.46 bits per heavy atom. The first kappa shape index (κ1) is 22.8. The monoisotopic (exact) mass is 389 g/mol. The van der Waals surface area contributed by atoms with Gasteiger partial charge in [0, 0.05) is 19.3 Å². The van der Waals surface area contributed by atoms with Crippen LogP contribution in [-0.2, 0) is 0 Å². The van der Waals surface area contributed by atoms with Crippen molar-refractivity contribution in [3.63, 3.8) is 0 Å². The molecule has 1 aliphatic rings. The molecule has 1 unspecified atom stereocenters. The highest BCUT2D eigenvalue weighted by Crippen LogP contribution is 2.24. The SMILES string of the molecule is CNCC1CCN(C(=O)c2cccnc2OCC(F)(F)F)C1.Cl.Cl. The van der Waals surface area contributed by atoms with Gasteiger partial charge in [-0.05, 0) is 38.1 Å². The van der Waals surface area contributed by atoms with Gasteiger partial charge in [-0.15, -0.1) is 24.8 Å². The van der Waals surface area contributed by atoms with Crippen molar-refractivity contribution in [3.05, 3.63) is 23.9 Å². The predicted molar refractivity (Wildman–Crippen MR) is 88.2 cm³/mol. The van der Waals surface area contributed by atoms with Gasteiger partial charge in [-0.3, -0.25) is 4.79 Å². The van der Waals surface area contributed by atoms with Crippen LogP contribution in [0.25, 0.3) is 0 Å². The number of halogens is 5. The van der Waals surface area contributed by atoms with Gasteiger partial charge in [-0.1, -0.05) is 0 Å². The van der Waals surface area contributed by atoms with E-state index in [2.05, 4.69) is 15.0 Å². The molecule has 24 heavy (non-hydrogen) atoms. The highest BCUT2D eigenvalue weighted by molar-refractivity contribution is 5.96. The lowest BCUT2D eigenvalue weighted by Gasteiger charge is -2.18. The zero-order valence-electron chi connectivity index (χ0n) is 13.0.